The van der Waals surface area contributed by atoms with E-state index in [9.17, 15) is 4.79 Å². The lowest BCUT2D eigenvalue weighted by Crippen LogP contribution is -2.40. The van der Waals surface area contributed by atoms with Crippen molar-refractivity contribution in [3.63, 3.8) is 0 Å². The third-order valence-electron chi connectivity index (χ3n) is 1.45. The predicted octanol–water partition coefficient (Wildman–Crippen LogP) is 3.43. The Morgan fingerprint density at radius 2 is 2.20 bits per heavy atom. The number of ether oxygens (including phenoxy) is 1. The number of thiophene rings is 1. The summed E-state index contributed by atoms with van der Waals surface area (Å²) in [7, 11) is 0. The van der Waals surface area contributed by atoms with E-state index in [-0.39, 0.29) is 12.1 Å². The molecule has 0 aliphatic carbocycles. The zero-order valence-electron chi connectivity index (χ0n) is 8.96. The number of hydrogen-bond donors (Lipinski definition) is 1. The van der Waals surface area contributed by atoms with Crippen LogP contribution in [0.25, 0.3) is 0 Å². The van der Waals surface area contributed by atoms with Gasteiger partial charge in [0.05, 0.1) is 4.34 Å². The highest BCUT2D eigenvalue weighted by atomic mass is 35.5. The van der Waals surface area contributed by atoms with Crippen molar-refractivity contribution in [3.05, 3.63) is 21.3 Å². The van der Waals surface area contributed by atoms with Gasteiger partial charge in [0.1, 0.15) is 6.61 Å². The number of carbonyl (C=O) groups is 1. The molecule has 1 heterocycles. The third kappa shape index (κ3) is 5.04. The molecule has 1 N–H and O–H groups in total. The number of carbonyl (C=O) groups excluding carboxylic acids is 1. The van der Waals surface area contributed by atoms with Gasteiger partial charge in [-0.05, 0) is 32.9 Å². The fourth-order valence-electron chi connectivity index (χ4n) is 0.908. The van der Waals surface area contributed by atoms with Gasteiger partial charge in [-0.3, -0.25) is 0 Å². The predicted molar refractivity (Wildman–Crippen MR) is 62.4 cm³/mol. The van der Waals surface area contributed by atoms with Crippen LogP contribution in [0.1, 0.15) is 25.6 Å². The Hall–Kier alpha value is -0.740. The fraction of sp³-hybridized carbons (Fsp3) is 0.500. The molecule has 0 aliphatic heterocycles. The number of alkyl carbamates (subject to hydrolysis) is 1. The molecule has 84 valence electrons. The van der Waals surface area contributed by atoms with Gasteiger partial charge in [-0.2, -0.15) is 0 Å². The maximum absolute atomic E-state index is 11.3. The Balaban J connectivity index is 2.35. The Morgan fingerprint density at radius 1 is 1.53 bits per heavy atom. The third-order valence-corrected chi connectivity index (χ3v) is 2.66. The second-order valence-corrected chi connectivity index (χ2v) is 5.96. The molecule has 0 atom stereocenters. The van der Waals surface area contributed by atoms with E-state index in [4.69, 9.17) is 16.3 Å². The number of rotatable bonds is 2. The van der Waals surface area contributed by atoms with Gasteiger partial charge < -0.3 is 10.1 Å². The van der Waals surface area contributed by atoms with Gasteiger partial charge in [-0.1, -0.05) is 11.6 Å². The van der Waals surface area contributed by atoms with Crippen LogP contribution in [-0.4, -0.2) is 11.6 Å². The molecular weight excluding hydrogens is 234 g/mol. The second kappa shape index (κ2) is 4.86. The Kier molecular flexibility index (Phi) is 3.99. The van der Waals surface area contributed by atoms with E-state index in [0.717, 1.165) is 4.88 Å². The van der Waals surface area contributed by atoms with Gasteiger partial charge in [-0.25, -0.2) is 4.79 Å². The maximum atomic E-state index is 11.3. The summed E-state index contributed by atoms with van der Waals surface area (Å²) in [5, 5.41) is 2.71. The summed E-state index contributed by atoms with van der Waals surface area (Å²) in [4.78, 5) is 12.2. The molecule has 0 fully saturated rings. The highest BCUT2D eigenvalue weighted by Gasteiger charge is 2.14. The minimum absolute atomic E-state index is 0.263. The molecule has 1 amide bonds. The number of amides is 1. The van der Waals surface area contributed by atoms with Crippen molar-refractivity contribution in [1.82, 2.24) is 5.32 Å². The van der Waals surface area contributed by atoms with E-state index in [2.05, 4.69) is 5.32 Å². The van der Waals surface area contributed by atoms with Crippen LogP contribution in [0.2, 0.25) is 4.34 Å². The Morgan fingerprint density at radius 3 is 2.67 bits per heavy atom. The van der Waals surface area contributed by atoms with Crippen LogP contribution in [0.15, 0.2) is 12.1 Å². The zero-order chi connectivity index (χ0) is 11.5. The number of hydrogen-bond acceptors (Lipinski definition) is 3. The van der Waals surface area contributed by atoms with Crippen molar-refractivity contribution >= 4 is 29.0 Å². The van der Waals surface area contributed by atoms with Gasteiger partial charge >= 0.3 is 6.09 Å². The summed E-state index contributed by atoms with van der Waals surface area (Å²) in [5.74, 6) is 0. The number of nitrogens with one attached hydrogen (secondary N) is 1. The summed E-state index contributed by atoms with van der Waals surface area (Å²) in [6, 6.07) is 3.63. The van der Waals surface area contributed by atoms with Crippen LogP contribution in [-0.2, 0) is 11.3 Å². The first-order chi connectivity index (χ1) is 6.87. The second-order valence-electron chi connectivity index (χ2n) is 4.16. The van der Waals surface area contributed by atoms with Crippen LogP contribution in [0.4, 0.5) is 4.79 Å². The lowest BCUT2D eigenvalue weighted by atomic mass is 10.1. The van der Waals surface area contributed by atoms with Gasteiger partial charge in [0, 0.05) is 10.4 Å². The van der Waals surface area contributed by atoms with Gasteiger partial charge in [-0.15, -0.1) is 11.3 Å². The van der Waals surface area contributed by atoms with E-state index < -0.39 is 6.09 Å². The fourth-order valence-corrected chi connectivity index (χ4v) is 1.91. The molecule has 1 aromatic heterocycles. The molecule has 0 unspecified atom stereocenters. The van der Waals surface area contributed by atoms with Gasteiger partial charge in [0.2, 0.25) is 0 Å². The SMILES string of the molecule is CC(C)(C)NC(=O)OCc1ccc(Cl)s1. The summed E-state index contributed by atoms with van der Waals surface area (Å²) in [6.45, 7) is 5.96. The van der Waals surface area contributed by atoms with Crippen molar-refractivity contribution in [2.45, 2.75) is 32.9 Å². The minimum atomic E-state index is -0.410. The van der Waals surface area contributed by atoms with Crippen molar-refractivity contribution in [2.24, 2.45) is 0 Å². The molecule has 0 spiro atoms. The smallest absolute Gasteiger partial charge is 0.407 e. The van der Waals surface area contributed by atoms with E-state index in [1.807, 2.05) is 26.8 Å². The topological polar surface area (TPSA) is 38.3 Å². The van der Waals surface area contributed by atoms with Crippen LogP contribution >= 0.6 is 22.9 Å². The maximum Gasteiger partial charge on any atom is 0.407 e. The van der Waals surface area contributed by atoms with Crippen molar-refractivity contribution in [2.75, 3.05) is 0 Å². The van der Waals surface area contributed by atoms with Crippen LogP contribution in [0.5, 0.6) is 0 Å². The van der Waals surface area contributed by atoms with Crippen LogP contribution < -0.4 is 5.32 Å². The first-order valence-electron chi connectivity index (χ1n) is 4.56. The number of halogens is 1. The zero-order valence-corrected chi connectivity index (χ0v) is 10.5. The summed E-state index contributed by atoms with van der Waals surface area (Å²) < 4.78 is 5.72. The average molecular weight is 248 g/mol. The standard InChI is InChI=1S/C10H14ClNO2S/c1-10(2,3)12-9(13)14-6-7-4-5-8(11)15-7/h4-5H,6H2,1-3H3,(H,12,13). The first-order valence-corrected chi connectivity index (χ1v) is 5.75. The summed E-state index contributed by atoms with van der Waals surface area (Å²) in [6.07, 6.45) is -0.410. The highest BCUT2D eigenvalue weighted by Crippen LogP contribution is 2.21. The first kappa shape index (κ1) is 12.3. The van der Waals surface area contributed by atoms with E-state index in [1.165, 1.54) is 11.3 Å². The minimum Gasteiger partial charge on any atom is -0.444 e. The van der Waals surface area contributed by atoms with Gasteiger partial charge in [0.25, 0.3) is 0 Å². The molecule has 0 bridgehead atoms. The molecule has 1 rings (SSSR count). The Labute approximate surface area is 98.4 Å². The molecule has 0 radical (unpaired) electrons. The normalized spacial score (nSPS) is 11.2. The average Bonchev–Trinajstić information content (AvgIpc) is 2.45. The molecule has 3 nitrogen and oxygen atoms in total. The molecule has 0 saturated heterocycles. The van der Waals surface area contributed by atoms with Crippen molar-refractivity contribution in [1.29, 1.82) is 0 Å². The molecule has 0 saturated carbocycles. The quantitative estimate of drug-likeness (QED) is 0.870. The molecule has 0 aromatic carbocycles. The van der Waals surface area contributed by atoms with E-state index in [0.29, 0.717) is 4.34 Å². The largest absolute Gasteiger partial charge is 0.444 e. The van der Waals surface area contributed by atoms with E-state index in [1.54, 1.807) is 6.07 Å². The summed E-state index contributed by atoms with van der Waals surface area (Å²) in [5.41, 5.74) is -0.274. The van der Waals surface area contributed by atoms with Gasteiger partial charge in [0.15, 0.2) is 0 Å². The monoisotopic (exact) mass is 247 g/mol. The lowest BCUT2D eigenvalue weighted by molar-refractivity contribution is 0.132. The molecule has 15 heavy (non-hydrogen) atoms. The summed E-state index contributed by atoms with van der Waals surface area (Å²) >= 11 is 7.15. The van der Waals surface area contributed by atoms with Crippen LogP contribution in [0.3, 0.4) is 0 Å². The van der Waals surface area contributed by atoms with E-state index >= 15 is 0 Å². The lowest BCUT2D eigenvalue weighted by Gasteiger charge is -2.19. The van der Waals surface area contributed by atoms with Crippen molar-refractivity contribution < 1.29 is 9.53 Å². The van der Waals surface area contributed by atoms with Crippen molar-refractivity contribution in [3.8, 4) is 0 Å². The van der Waals surface area contributed by atoms with Crippen LogP contribution in [0, 0.1) is 0 Å². The molecular formula is C10H14ClNO2S. The Bertz CT molecular complexity index is 343. The highest BCUT2D eigenvalue weighted by molar-refractivity contribution is 7.16. The molecule has 1 aromatic rings. The molecule has 0 aliphatic rings. The molecule has 5 heteroatoms.